The summed E-state index contributed by atoms with van der Waals surface area (Å²) in [5.41, 5.74) is 2.31. The molecular formula is C24H24N4O2S2. The number of anilines is 2. The van der Waals surface area contributed by atoms with E-state index in [0.717, 1.165) is 11.4 Å². The molecule has 0 aliphatic heterocycles. The zero-order valence-corrected chi connectivity index (χ0v) is 19.8. The lowest BCUT2D eigenvalue weighted by Gasteiger charge is -2.17. The molecule has 0 saturated carbocycles. The first kappa shape index (κ1) is 22.2. The van der Waals surface area contributed by atoms with Crippen LogP contribution in [0, 0.1) is 5.92 Å². The Balaban J connectivity index is 1.61. The molecule has 164 valence electrons. The molecule has 32 heavy (non-hydrogen) atoms. The fraction of sp³-hybridized carbons (Fsp3) is 0.250. The molecule has 0 unspecified atom stereocenters. The third kappa shape index (κ3) is 4.76. The van der Waals surface area contributed by atoms with E-state index in [1.54, 1.807) is 9.47 Å². The van der Waals surface area contributed by atoms with Crippen molar-refractivity contribution < 1.29 is 4.79 Å². The summed E-state index contributed by atoms with van der Waals surface area (Å²) < 4.78 is 1.76. The number of hydrogen-bond donors (Lipinski definition) is 0. The average molecular weight is 465 g/mol. The highest BCUT2D eigenvalue weighted by molar-refractivity contribution is 7.98. The van der Waals surface area contributed by atoms with E-state index in [1.807, 2.05) is 60.0 Å². The number of hydrogen-bond acceptors (Lipinski definition) is 6. The fourth-order valence-electron chi connectivity index (χ4n) is 3.39. The Kier molecular flexibility index (Phi) is 6.72. The van der Waals surface area contributed by atoms with Gasteiger partial charge in [0.25, 0.3) is 5.56 Å². The summed E-state index contributed by atoms with van der Waals surface area (Å²) >= 11 is 2.92. The molecule has 0 N–H and O–H groups in total. The summed E-state index contributed by atoms with van der Waals surface area (Å²) in [7, 11) is 0. The van der Waals surface area contributed by atoms with Crippen molar-refractivity contribution in [2.75, 3.05) is 4.90 Å². The Morgan fingerprint density at radius 1 is 1.09 bits per heavy atom. The third-order valence-electron chi connectivity index (χ3n) is 4.78. The summed E-state index contributed by atoms with van der Waals surface area (Å²) in [6, 6.07) is 16.9. The monoisotopic (exact) mass is 464 g/mol. The average Bonchev–Trinajstić information content (AvgIpc) is 3.23. The molecule has 2 aromatic carbocycles. The second kappa shape index (κ2) is 9.67. The first-order valence-corrected chi connectivity index (χ1v) is 12.2. The molecule has 0 saturated heterocycles. The molecule has 0 fully saturated rings. The number of para-hydroxylation sites is 2. The van der Waals surface area contributed by atoms with Crippen molar-refractivity contribution in [1.29, 1.82) is 0 Å². The maximum Gasteiger partial charge on any atom is 0.262 e. The Bertz CT molecular complexity index is 1300. The highest BCUT2D eigenvalue weighted by Gasteiger charge is 2.18. The molecule has 0 aliphatic carbocycles. The molecule has 0 spiro atoms. The van der Waals surface area contributed by atoms with E-state index in [2.05, 4.69) is 18.8 Å². The van der Waals surface area contributed by atoms with Gasteiger partial charge in [0, 0.05) is 24.6 Å². The number of amides is 1. The molecule has 4 aromatic rings. The number of thioether (sulfide) groups is 1. The minimum absolute atomic E-state index is 0.0161. The van der Waals surface area contributed by atoms with Gasteiger partial charge >= 0.3 is 0 Å². The van der Waals surface area contributed by atoms with Crippen LogP contribution < -0.4 is 10.5 Å². The predicted molar refractivity (Wildman–Crippen MR) is 132 cm³/mol. The quantitative estimate of drug-likeness (QED) is 0.267. The molecule has 8 heteroatoms. The molecule has 0 radical (unpaired) electrons. The predicted octanol–water partition coefficient (Wildman–Crippen LogP) is 5.49. The van der Waals surface area contributed by atoms with Gasteiger partial charge in [-0.05, 0) is 30.2 Å². The third-order valence-corrected chi connectivity index (χ3v) is 6.67. The van der Waals surface area contributed by atoms with Crippen LogP contribution in [-0.2, 0) is 17.1 Å². The second-order valence-corrected chi connectivity index (χ2v) is 9.60. The molecule has 1 amide bonds. The van der Waals surface area contributed by atoms with Crippen molar-refractivity contribution >= 4 is 50.7 Å². The highest BCUT2D eigenvalue weighted by Crippen LogP contribution is 2.31. The van der Waals surface area contributed by atoms with Gasteiger partial charge in [-0.1, -0.05) is 55.9 Å². The van der Waals surface area contributed by atoms with Crippen molar-refractivity contribution in [3.63, 3.8) is 0 Å². The Labute approximate surface area is 194 Å². The summed E-state index contributed by atoms with van der Waals surface area (Å²) in [5, 5.41) is 3.90. The number of benzene rings is 2. The lowest BCUT2D eigenvalue weighted by molar-refractivity contribution is -0.115. The number of aromatic nitrogens is 3. The van der Waals surface area contributed by atoms with Crippen LogP contribution in [-0.4, -0.2) is 20.4 Å². The van der Waals surface area contributed by atoms with Crippen molar-refractivity contribution in [1.82, 2.24) is 14.5 Å². The zero-order valence-electron chi connectivity index (χ0n) is 18.2. The summed E-state index contributed by atoms with van der Waals surface area (Å²) in [4.78, 5) is 36.4. The van der Waals surface area contributed by atoms with Gasteiger partial charge in [0.15, 0.2) is 10.3 Å². The smallest absolute Gasteiger partial charge is 0.262 e. The van der Waals surface area contributed by atoms with E-state index < -0.39 is 0 Å². The number of fused-ring (bicyclic) bond motifs is 1. The molecule has 2 heterocycles. The number of carbonyl (C=O) groups is 1. The first-order chi connectivity index (χ1) is 15.4. The lowest BCUT2D eigenvalue weighted by Crippen LogP contribution is -2.25. The van der Waals surface area contributed by atoms with Crippen LogP contribution in [0.3, 0.4) is 0 Å². The minimum Gasteiger partial charge on any atom is -0.287 e. The first-order valence-electron chi connectivity index (χ1n) is 10.4. The van der Waals surface area contributed by atoms with Gasteiger partial charge in [-0.2, -0.15) is 0 Å². The largest absolute Gasteiger partial charge is 0.287 e. The van der Waals surface area contributed by atoms with E-state index in [0.29, 0.717) is 39.4 Å². The SMILES string of the molecule is CC(=O)N(c1ccccc1)c1nc(CSc2nc3ccccc3c(=O)n2CC(C)C)cs1. The number of thiazole rings is 1. The van der Waals surface area contributed by atoms with Crippen LogP contribution >= 0.6 is 23.1 Å². The normalized spacial score (nSPS) is 11.2. The summed E-state index contributed by atoms with van der Waals surface area (Å²) in [6.07, 6.45) is 0. The van der Waals surface area contributed by atoms with Crippen molar-refractivity contribution in [2.45, 2.75) is 38.2 Å². The molecule has 0 aliphatic rings. The maximum absolute atomic E-state index is 13.1. The minimum atomic E-state index is -0.0910. The maximum atomic E-state index is 13.1. The van der Waals surface area contributed by atoms with Crippen LogP contribution in [0.1, 0.15) is 26.5 Å². The zero-order chi connectivity index (χ0) is 22.7. The molecule has 4 rings (SSSR count). The van der Waals surface area contributed by atoms with Gasteiger partial charge in [-0.25, -0.2) is 9.97 Å². The number of rotatable bonds is 7. The molecular weight excluding hydrogens is 440 g/mol. The van der Waals surface area contributed by atoms with Gasteiger partial charge in [-0.15, -0.1) is 11.3 Å². The van der Waals surface area contributed by atoms with Crippen molar-refractivity contribution in [3.05, 3.63) is 76.0 Å². The van der Waals surface area contributed by atoms with Gasteiger partial charge in [0.05, 0.1) is 22.3 Å². The van der Waals surface area contributed by atoms with Gasteiger partial charge < -0.3 is 0 Å². The van der Waals surface area contributed by atoms with Gasteiger partial charge in [0.1, 0.15) is 0 Å². The molecule has 6 nitrogen and oxygen atoms in total. The van der Waals surface area contributed by atoms with E-state index in [-0.39, 0.29) is 11.5 Å². The Morgan fingerprint density at radius 3 is 2.53 bits per heavy atom. The van der Waals surface area contributed by atoms with Crippen LogP contribution in [0.2, 0.25) is 0 Å². The van der Waals surface area contributed by atoms with Crippen LogP contribution in [0.15, 0.2) is 69.9 Å². The Hall–Kier alpha value is -2.97. The molecule has 0 bridgehead atoms. The van der Waals surface area contributed by atoms with E-state index in [9.17, 15) is 9.59 Å². The molecule has 2 aromatic heterocycles. The standard InChI is InChI=1S/C24H24N4O2S2/c1-16(2)13-27-22(30)20-11-7-8-12-21(20)26-23(27)31-14-18-15-32-24(25-18)28(17(3)29)19-9-5-4-6-10-19/h4-12,15-16H,13-14H2,1-3H3. The fourth-order valence-corrected chi connectivity index (χ4v) is 5.29. The van der Waals surface area contributed by atoms with Crippen molar-refractivity contribution in [2.24, 2.45) is 5.92 Å². The number of nitrogens with zero attached hydrogens (tertiary/aromatic N) is 4. The summed E-state index contributed by atoms with van der Waals surface area (Å²) in [5.74, 6) is 0.780. The topological polar surface area (TPSA) is 68.1 Å². The summed E-state index contributed by atoms with van der Waals surface area (Å²) in [6.45, 7) is 6.31. The van der Waals surface area contributed by atoms with E-state index in [4.69, 9.17) is 4.98 Å². The highest BCUT2D eigenvalue weighted by atomic mass is 32.2. The second-order valence-electron chi connectivity index (χ2n) is 7.82. The van der Waals surface area contributed by atoms with E-state index >= 15 is 0 Å². The van der Waals surface area contributed by atoms with Gasteiger partial charge in [-0.3, -0.25) is 19.1 Å². The van der Waals surface area contributed by atoms with Crippen LogP contribution in [0.5, 0.6) is 0 Å². The van der Waals surface area contributed by atoms with Crippen molar-refractivity contribution in [3.8, 4) is 0 Å². The van der Waals surface area contributed by atoms with Gasteiger partial charge in [0.2, 0.25) is 5.91 Å². The lowest BCUT2D eigenvalue weighted by atomic mass is 10.2. The Morgan fingerprint density at radius 2 is 1.81 bits per heavy atom. The van der Waals surface area contributed by atoms with Crippen LogP contribution in [0.25, 0.3) is 10.9 Å². The molecule has 0 atom stereocenters. The van der Waals surface area contributed by atoms with Crippen LogP contribution in [0.4, 0.5) is 10.8 Å². The number of carbonyl (C=O) groups excluding carboxylic acids is 1. The van der Waals surface area contributed by atoms with E-state index in [1.165, 1.54) is 30.0 Å².